The Morgan fingerprint density at radius 3 is 2.91 bits per heavy atom. The molecule has 0 saturated carbocycles. The van der Waals surface area contributed by atoms with Crippen molar-refractivity contribution in [1.82, 2.24) is 15.5 Å². The first-order chi connectivity index (χ1) is 11.1. The van der Waals surface area contributed by atoms with Crippen molar-refractivity contribution in [3.63, 3.8) is 0 Å². The van der Waals surface area contributed by atoms with E-state index >= 15 is 0 Å². The number of carbonyl (C=O) groups excluding carboxylic acids is 2. The van der Waals surface area contributed by atoms with Crippen LogP contribution in [0.25, 0.3) is 0 Å². The Morgan fingerprint density at radius 2 is 2.22 bits per heavy atom. The Kier molecular flexibility index (Phi) is 6.89. The Bertz CT molecular complexity index is 550. The number of benzene rings is 1. The normalized spacial score (nSPS) is 17.5. The van der Waals surface area contributed by atoms with E-state index < -0.39 is 0 Å². The second kappa shape index (κ2) is 8.91. The first-order valence-corrected chi connectivity index (χ1v) is 8.95. The number of carbonyl (C=O) groups is 2. The van der Waals surface area contributed by atoms with Crippen LogP contribution in [0.15, 0.2) is 28.7 Å². The van der Waals surface area contributed by atoms with Gasteiger partial charge in [-0.1, -0.05) is 41.1 Å². The summed E-state index contributed by atoms with van der Waals surface area (Å²) in [4.78, 5) is 26.0. The molecule has 0 aromatic heterocycles. The number of halogens is 1. The summed E-state index contributed by atoms with van der Waals surface area (Å²) in [5.41, 5.74) is 1.08. The largest absolute Gasteiger partial charge is 0.356 e. The van der Waals surface area contributed by atoms with Gasteiger partial charge in [0.15, 0.2) is 0 Å². The van der Waals surface area contributed by atoms with E-state index in [1.807, 2.05) is 24.3 Å². The van der Waals surface area contributed by atoms with Crippen molar-refractivity contribution in [1.29, 1.82) is 0 Å². The number of urea groups is 1. The van der Waals surface area contributed by atoms with Gasteiger partial charge >= 0.3 is 6.03 Å². The average Bonchev–Trinajstić information content (AvgIpc) is 2.55. The van der Waals surface area contributed by atoms with Crippen molar-refractivity contribution < 1.29 is 9.59 Å². The van der Waals surface area contributed by atoms with Gasteiger partial charge in [0.2, 0.25) is 5.91 Å². The predicted molar refractivity (Wildman–Crippen MR) is 94.0 cm³/mol. The summed E-state index contributed by atoms with van der Waals surface area (Å²) in [6.07, 6.45) is 2.70. The summed E-state index contributed by atoms with van der Waals surface area (Å²) in [5, 5.41) is 5.77. The molecule has 0 radical (unpaired) electrons. The molecule has 126 valence electrons. The topological polar surface area (TPSA) is 61.4 Å². The molecule has 2 N–H and O–H groups in total. The van der Waals surface area contributed by atoms with Crippen molar-refractivity contribution >= 4 is 27.9 Å². The second-order valence-electron chi connectivity index (χ2n) is 5.83. The maximum atomic E-state index is 12.5. The highest BCUT2D eigenvalue weighted by Crippen LogP contribution is 2.18. The Hall–Kier alpha value is -1.56. The summed E-state index contributed by atoms with van der Waals surface area (Å²) >= 11 is 3.52. The number of nitrogens with one attached hydrogen (secondary N) is 2. The second-order valence-corrected chi connectivity index (χ2v) is 6.68. The lowest BCUT2D eigenvalue weighted by Crippen LogP contribution is -2.46. The highest BCUT2D eigenvalue weighted by Gasteiger charge is 2.23. The number of hydrogen-bond donors (Lipinski definition) is 2. The Labute approximate surface area is 145 Å². The molecular formula is C17H24BrN3O2. The van der Waals surface area contributed by atoms with Crippen molar-refractivity contribution in [3.05, 3.63) is 34.3 Å². The monoisotopic (exact) mass is 381 g/mol. The molecule has 23 heavy (non-hydrogen) atoms. The molecule has 1 fully saturated rings. The van der Waals surface area contributed by atoms with Crippen LogP contribution in [0.2, 0.25) is 0 Å². The molecule has 3 amide bonds. The van der Waals surface area contributed by atoms with Crippen molar-refractivity contribution in [2.45, 2.75) is 32.7 Å². The van der Waals surface area contributed by atoms with Gasteiger partial charge in [-0.3, -0.25) is 4.79 Å². The number of hydrogen-bond acceptors (Lipinski definition) is 2. The van der Waals surface area contributed by atoms with E-state index in [1.165, 1.54) is 0 Å². The maximum Gasteiger partial charge on any atom is 0.317 e. The van der Waals surface area contributed by atoms with E-state index in [0.29, 0.717) is 19.6 Å². The minimum Gasteiger partial charge on any atom is -0.356 e. The molecule has 1 aromatic rings. The number of nitrogens with zero attached hydrogens (tertiary/aromatic N) is 1. The molecule has 1 atom stereocenters. The maximum absolute atomic E-state index is 12.5. The molecule has 1 aliphatic rings. The highest BCUT2D eigenvalue weighted by atomic mass is 79.9. The SMILES string of the molecule is CCCN(Cc1ccccc1Br)C(=O)NCC1CCCNC1=O. The van der Waals surface area contributed by atoms with E-state index in [1.54, 1.807) is 4.90 Å². The molecule has 2 rings (SSSR count). The molecule has 0 spiro atoms. The Morgan fingerprint density at radius 1 is 1.43 bits per heavy atom. The zero-order chi connectivity index (χ0) is 16.7. The fraction of sp³-hybridized carbons (Fsp3) is 0.529. The van der Waals surface area contributed by atoms with Crippen LogP contribution >= 0.6 is 15.9 Å². The summed E-state index contributed by atoms with van der Waals surface area (Å²) in [6, 6.07) is 7.80. The van der Waals surface area contributed by atoms with Crippen LogP contribution < -0.4 is 10.6 Å². The molecule has 0 bridgehead atoms. The lowest BCUT2D eigenvalue weighted by Gasteiger charge is -2.26. The van der Waals surface area contributed by atoms with Crippen LogP contribution in [-0.4, -0.2) is 36.5 Å². The van der Waals surface area contributed by atoms with Gasteiger partial charge in [0, 0.05) is 30.7 Å². The smallest absolute Gasteiger partial charge is 0.317 e. The van der Waals surface area contributed by atoms with E-state index in [-0.39, 0.29) is 17.9 Å². The predicted octanol–water partition coefficient (Wildman–Crippen LogP) is 2.90. The molecule has 1 saturated heterocycles. The van der Waals surface area contributed by atoms with E-state index in [2.05, 4.69) is 33.5 Å². The summed E-state index contributed by atoms with van der Waals surface area (Å²) < 4.78 is 1.00. The highest BCUT2D eigenvalue weighted by molar-refractivity contribution is 9.10. The summed E-state index contributed by atoms with van der Waals surface area (Å²) in [5.74, 6) is -0.0657. The Balaban J connectivity index is 1.92. The van der Waals surface area contributed by atoms with E-state index in [0.717, 1.165) is 35.8 Å². The molecule has 1 aromatic carbocycles. The molecule has 6 heteroatoms. The lowest BCUT2D eigenvalue weighted by molar-refractivity contribution is -0.126. The number of piperidine rings is 1. The van der Waals surface area contributed by atoms with Crippen molar-refractivity contribution in [3.8, 4) is 0 Å². The van der Waals surface area contributed by atoms with E-state index in [9.17, 15) is 9.59 Å². The third-order valence-corrected chi connectivity index (χ3v) is 4.77. The van der Waals surface area contributed by atoms with Crippen LogP contribution in [0.4, 0.5) is 4.79 Å². The molecule has 1 heterocycles. The van der Waals surface area contributed by atoms with Crippen LogP contribution in [0.5, 0.6) is 0 Å². The average molecular weight is 382 g/mol. The molecular weight excluding hydrogens is 358 g/mol. The molecule has 1 unspecified atom stereocenters. The van der Waals surface area contributed by atoms with Gasteiger partial charge in [-0.25, -0.2) is 4.79 Å². The van der Waals surface area contributed by atoms with Gasteiger partial charge < -0.3 is 15.5 Å². The lowest BCUT2D eigenvalue weighted by atomic mass is 9.99. The zero-order valence-electron chi connectivity index (χ0n) is 13.5. The fourth-order valence-corrected chi connectivity index (χ4v) is 3.12. The van der Waals surface area contributed by atoms with Crippen LogP contribution in [-0.2, 0) is 11.3 Å². The standard InChI is InChI=1S/C17H24BrN3O2/c1-2-10-21(12-14-6-3-4-8-15(14)18)17(23)20-11-13-7-5-9-19-16(13)22/h3-4,6,8,13H,2,5,7,9-12H2,1H3,(H,19,22)(H,20,23). The third-order valence-electron chi connectivity index (χ3n) is 4.00. The first kappa shape index (κ1) is 17.8. The fourth-order valence-electron chi connectivity index (χ4n) is 2.71. The van der Waals surface area contributed by atoms with Gasteiger partial charge in [0.05, 0.1) is 5.92 Å². The third kappa shape index (κ3) is 5.23. The number of rotatable bonds is 6. The van der Waals surface area contributed by atoms with Gasteiger partial charge in [-0.15, -0.1) is 0 Å². The molecule has 0 aliphatic carbocycles. The van der Waals surface area contributed by atoms with Gasteiger partial charge in [-0.2, -0.15) is 0 Å². The van der Waals surface area contributed by atoms with Gasteiger partial charge in [0.1, 0.15) is 0 Å². The van der Waals surface area contributed by atoms with Crippen molar-refractivity contribution in [2.24, 2.45) is 5.92 Å². The van der Waals surface area contributed by atoms with Gasteiger partial charge in [-0.05, 0) is 30.9 Å². The molecule has 5 nitrogen and oxygen atoms in total. The van der Waals surface area contributed by atoms with Crippen LogP contribution in [0.1, 0.15) is 31.7 Å². The molecule has 1 aliphatic heterocycles. The van der Waals surface area contributed by atoms with Crippen LogP contribution in [0, 0.1) is 5.92 Å². The quantitative estimate of drug-likeness (QED) is 0.795. The first-order valence-electron chi connectivity index (χ1n) is 8.15. The van der Waals surface area contributed by atoms with E-state index in [4.69, 9.17) is 0 Å². The zero-order valence-corrected chi connectivity index (χ0v) is 15.1. The summed E-state index contributed by atoms with van der Waals surface area (Å²) in [7, 11) is 0. The van der Waals surface area contributed by atoms with Gasteiger partial charge in [0.25, 0.3) is 0 Å². The van der Waals surface area contributed by atoms with Crippen LogP contribution in [0.3, 0.4) is 0 Å². The minimum atomic E-state index is -0.111. The minimum absolute atomic E-state index is 0.0457. The number of amides is 3. The summed E-state index contributed by atoms with van der Waals surface area (Å²) in [6.45, 7) is 4.44. The van der Waals surface area contributed by atoms with Crippen molar-refractivity contribution in [2.75, 3.05) is 19.6 Å².